The SMILES string of the molecule is CCCOC(=O)C1=C(C)NC2=C(C(=O)C[C@H](c3ccc(Cl)cc3)C2)[C@H]1c1ccc(Cl)cc1. The first-order valence-electron chi connectivity index (χ1n) is 10.8. The molecule has 0 spiro atoms. The van der Waals surface area contributed by atoms with E-state index in [0.29, 0.717) is 46.3 Å². The van der Waals surface area contributed by atoms with Gasteiger partial charge in [0, 0.05) is 39.4 Å². The van der Waals surface area contributed by atoms with Crippen LogP contribution in [0.25, 0.3) is 0 Å². The molecule has 2 aliphatic rings. The zero-order chi connectivity index (χ0) is 22.8. The molecular weight excluding hydrogens is 445 g/mol. The summed E-state index contributed by atoms with van der Waals surface area (Å²) in [5, 5.41) is 4.64. The smallest absolute Gasteiger partial charge is 0.336 e. The molecule has 1 aliphatic heterocycles. The van der Waals surface area contributed by atoms with E-state index in [0.717, 1.165) is 23.2 Å². The van der Waals surface area contributed by atoms with Crippen molar-refractivity contribution in [1.29, 1.82) is 0 Å². The average molecular weight is 470 g/mol. The summed E-state index contributed by atoms with van der Waals surface area (Å²) in [7, 11) is 0. The third-order valence-corrected chi connectivity index (χ3v) is 6.53. The highest BCUT2D eigenvalue weighted by Crippen LogP contribution is 2.45. The van der Waals surface area contributed by atoms with Gasteiger partial charge in [0.2, 0.25) is 0 Å². The number of nitrogens with one attached hydrogen (secondary N) is 1. The van der Waals surface area contributed by atoms with Crippen LogP contribution in [0.2, 0.25) is 10.0 Å². The Hall–Kier alpha value is -2.56. The molecule has 1 aliphatic carbocycles. The van der Waals surface area contributed by atoms with E-state index in [9.17, 15) is 9.59 Å². The van der Waals surface area contributed by atoms with Gasteiger partial charge in [-0.25, -0.2) is 4.79 Å². The molecule has 2 atom stereocenters. The van der Waals surface area contributed by atoms with Gasteiger partial charge in [-0.05, 0) is 61.1 Å². The van der Waals surface area contributed by atoms with Gasteiger partial charge < -0.3 is 10.1 Å². The van der Waals surface area contributed by atoms with Gasteiger partial charge in [0.1, 0.15) is 0 Å². The molecule has 6 heteroatoms. The molecule has 166 valence electrons. The average Bonchev–Trinajstić information content (AvgIpc) is 2.77. The van der Waals surface area contributed by atoms with Crippen LogP contribution in [0.1, 0.15) is 56.1 Å². The molecule has 32 heavy (non-hydrogen) atoms. The first kappa shape index (κ1) is 22.6. The molecule has 0 fully saturated rings. The minimum atomic E-state index is -0.480. The van der Waals surface area contributed by atoms with Crippen LogP contribution in [0.15, 0.2) is 71.1 Å². The maximum atomic E-state index is 13.5. The minimum absolute atomic E-state index is 0.0342. The van der Waals surface area contributed by atoms with Crippen LogP contribution in [-0.4, -0.2) is 18.4 Å². The maximum Gasteiger partial charge on any atom is 0.336 e. The van der Waals surface area contributed by atoms with Crippen LogP contribution in [0.3, 0.4) is 0 Å². The largest absolute Gasteiger partial charge is 0.462 e. The zero-order valence-electron chi connectivity index (χ0n) is 18.1. The van der Waals surface area contributed by atoms with E-state index in [-0.39, 0.29) is 11.7 Å². The van der Waals surface area contributed by atoms with Crippen molar-refractivity contribution in [3.63, 3.8) is 0 Å². The summed E-state index contributed by atoms with van der Waals surface area (Å²) < 4.78 is 5.48. The second-order valence-electron chi connectivity index (χ2n) is 8.26. The third-order valence-electron chi connectivity index (χ3n) is 6.03. The number of rotatable bonds is 5. The Balaban J connectivity index is 1.76. The summed E-state index contributed by atoms with van der Waals surface area (Å²) in [6.45, 7) is 4.15. The van der Waals surface area contributed by atoms with E-state index in [1.807, 2.05) is 50.2 Å². The van der Waals surface area contributed by atoms with Crippen molar-refractivity contribution in [2.24, 2.45) is 0 Å². The second kappa shape index (κ2) is 9.51. The summed E-state index contributed by atoms with van der Waals surface area (Å²) in [6, 6.07) is 15.0. The number of Topliss-reactive ketones (excluding diaryl/α,β-unsaturated/α-hetero) is 1. The number of hydrogen-bond donors (Lipinski definition) is 1. The molecule has 1 N–H and O–H groups in total. The fourth-order valence-electron chi connectivity index (χ4n) is 4.54. The quantitative estimate of drug-likeness (QED) is 0.521. The number of benzene rings is 2. The Morgan fingerprint density at radius 3 is 2.19 bits per heavy atom. The highest BCUT2D eigenvalue weighted by molar-refractivity contribution is 6.30. The van der Waals surface area contributed by atoms with Crippen LogP contribution >= 0.6 is 23.2 Å². The number of carbonyl (C=O) groups is 2. The molecule has 0 aromatic heterocycles. The Morgan fingerprint density at radius 1 is 1.00 bits per heavy atom. The number of dihydropyridines is 1. The van der Waals surface area contributed by atoms with Gasteiger partial charge >= 0.3 is 5.97 Å². The zero-order valence-corrected chi connectivity index (χ0v) is 19.6. The van der Waals surface area contributed by atoms with Crippen LogP contribution in [0.4, 0.5) is 0 Å². The highest BCUT2D eigenvalue weighted by Gasteiger charge is 2.41. The lowest BCUT2D eigenvalue weighted by Crippen LogP contribution is -2.36. The Bertz CT molecular complexity index is 1100. The van der Waals surface area contributed by atoms with Gasteiger partial charge in [-0.2, -0.15) is 0 Å². The number of ketones is 1. The molecular formula is C26H25Cl2NO3. The van der Waals surface area contributed by atoms with E-state index in [2.05, 4.69) is 5.32 Å². The van der Waals surface area contributed by atoms with Gasteiger partial charge in [-0.15, -0.1) is 0 Å². The Labute approximate surface area is 198 Å². The molecule has 0 saturated heterocycles. The number of esters is 1. The predicted molar refractivity (Wildman–Crippen MR) is 127 cm³/mol. The lowest BCUT2D eigenvalue weighted by molar-refractivity contribution is -0.139. The molecule has 2 aromatic carbocycles. The van der Waals surface area contributed by atoms with Gasteiger partial charge in [0.05, 0.1) is 12.2 Å². The van der Waals surface area contributed by atoms with Crippen molar-refractivity contribution >= 4 is 35.0 Å². The molecule has 0 unspecified atom stereocenters. The Kier molecular flexibility index (Phi) is 6.73. The number of ether oxygens (including phenoxy) is 1. The standard InChI is InChI=1S/C26H25Cl2NO3/c1-3-12-32-26(31)23-15(2)29-21-13-18(16-4-8-19(27)9-5-16)14-22(30)25(21)24(23)17-6-10-20(28)11-7-17/h4-11,18,24,29H,3,12-14H2,1-2H3/t18-,24+/m1/s1. The molecule has 1 heterocycles. The monoisotopic (exact) mass is 469 g/mol. The summed E-state index contributed by atoms with van der Waals surface area (Å²) in [6.07, 6.45) is 1.79. The van der Waals surface area contributed by atoms with Crippen LogP contribution in [-0.2, 0) is 14.3 Å². The molecule has 4 rings (SSSR count). The van der Waals surface area contributed by atoms with Gasteiger partial charge in [-0.3, -0.25) is 4.79 Å². The van der Waals surface area contributed by atoms with Crippen molar-refractivity contribution < 1.29 is 14.3 Å². The molecule has 4 nitrogen and oxygen atoms in total. The summed E-state index contributed by atoms with van der Waals surface area (Å²) in [5.41, 5.74) is 4.64. The second-order valence-corrected chi connectivity index (χ2v) is 9.13. The number of halogens is 2. The van der Waals surface area contributed by atoms with E-state index >= 15 is 0 Å². The van der Waals surface area contributed by atoms with E-state index in [4.69, 9.17) is 27.9 Å². The Morgan fingerprint density at radius 2 is 1.59 bits per heavy atom. The van der Waals surface area contributed by atoms with Crippen LogP contribution < -0.4 is 5.32 Å². The van der Waals surface area contributed by atoms with Gasteiger partial charge in [-0.1, -0.05) is 54.4 Å². The highest BCUT2D eigenvalue weighted by atomic mass is 35.5. The first-order chi connectivity index (χ1) is 15.4. The van der Waals surface area contributed by atoms with Crippen LogP contribution in [0.5, 0.6) is 0 Å². The predicted octanol–water partition coefficient (Wildman–Crippen LogP) is 6.31. The lowest BCUT2D eigenvalue weighted by atomic mass is 9.72. The van der Waals surface area contributed by atoms with Crippen molar-refractivity contribution in [3.05, 3.63) is 92.2 Å². The summed E-state index contributed by atoms with van der Waals surface area (Å²) in [5.74, 6) is -0.785. The lowest BCUT2D eigenvalue weighted by Gasteiger charge is -2.36. The maximum absolute atomic E-state index is 13.5. The minimum Gasteiger partial charge on any atom is -0.462 e. The number of carbonyl (C=O) groups excluding carboxylic acids is 2. The van der Waals surface area contributed by atoms with Gasteiger partial charge in [0.15, 0.2) is 5.78 Å². The van der Waals surface area contributed by atoms with Crippen molar-refractivity contribution in [2.75, 3.05) is 6.61 Å². The van der Waals surface area contributed by atoms with E-state index in [1.54, 1.807) is 12.1 Å². The number of hydrogen-bond acceptors (Lipinski definition) is 4. The third kappa shape index (κ3) is 4.48. The van der Waals surface area contributed by atoms with Crippen molar-refractivity contribution in [3.8, 4) is 0 Å². The van der Waals surface area contributed by atoms with E-state index in [1.165, 1.54) is 0 Å². The topological polar surface area (TPSA) is 55.4 Å². The van der Waals surface area contributed by atoms with E-state index < -0.39 is 11.9 Å². The fraction of sp³-hybridized carbons (Fsp3) is 0.308. The fourth-order valence-corrected chi connectivity index (χ4v) is 4.79. The molecule has 0 radical (unpaired) electrons. The van der Waals surface area contributed by atoms with Gasteiger partial charge in [0.25, 0.3) is 0 Å². The van der Waals surface area contributed by atoms with Crippen molar-refractivity contribution in [2.45, 2.75) is 44.9 Å². The first-order valence-corrected chi connectivity index (χ1v) is 11.6. The molecule has 2 aromatic rings. The molecule has 0 amide bonds. The molecule has 0 saturated carbocycles. The summed E-state index contributed by atoms with van der Waals surface area (Å²) in [4.78, 5) is 26.5. The molecule has 0 bridgehead atoms. The number of allylic oxidation sites excluding steroid dienone is 3. The van der Waals surface area contributed by atoms with Crippen LogP contribution in [0, 0.1) is 0 Å². The summed E-state index contributed by atoms with van der Waals surface area (Å²) >= 11 is 12.1. The normalized spacial score (nSPS) is 20.7. The van der Waals surface area contributed by atoms with Crippen molar-refractivity contribution in [1.82, 2.24) is 5.32 Å².